The molecule has 4 rings (SSSR count). The molecule has 0 fully saturated rings. The third-order valence-electron chi connectivity index (χ3n) is 3.71. The molecule has 0 atom stereocenters. The molecule has 0 aliphatic heterocycles. The number of thiazole rings is 1. The number of rotatable bonds is 4. The number of aryl methyl sites for hydroxylation is 1. The van der Waals surface area contributed by atoms with Crippen LogP contribution >= 0.6 is 38.8 Å². The molecule has 6 nitrogen and oxygen atoms in total. The number of nitrogens with zero attached hydrogens (tertiary/aromatic N) is 5. The molecular weight excluding hydrogens is 434 g/mol. The zero-order valence-corrected chi connectivity index (χ0v) is 16.8. The van der Waals surface area contributed by atoms with Crippen LogP contribution in [0.5, 0.6) is 0 Å². The molecule has 0 saturated carbocycles. The maximum absolute atomic E-state index is 13.2. The van der Waals surface area contributed by atoms with Gasteiger partial charge in [0.15, 0.2) is 5.13 Å². The Balaban J connectivity index is 1.78. The summed E-state index contributed by atoms with van der Waals surface area (Å²) < 4.78 is 5.87. The lowest BCUT2D eigenvalue weighted by molar-refractivity contribution is 0.0988. The molecular formula is C17H12BrN5OS2. The van der Waals surface area contributed by atoms with Gasteiger partial charge in [0.1, 0.15) is 4.88 Å². The third-order valence-corrected chi connectivity index (χ3v) is 6.06. The Kier molecular flexibility index (Phi) is 4.75. The van der Waals surface area contributed by atoms with E-state index in [-0.39, 0.29) is 5.91 Å². The Morgan fingerprint density at radius 2 is 2.15 bits per heavy atom. The summed E-state index contributed by atoms with van der Waals surface area (Å²) in [5, 5.41) is 4.58. The van der Waals surface area contributed by atoms with Crippen molar-refractivity contribution < 1.29 is 4.79 Å². The van der Waals surface area contributed by atoms with Crippen molar-refractivity contribution in [1.29, 1.82) is 0 Å². The van der Waals surface area contributed by atoms with Gasteiger partial charge in [0.25, 0.3) is 5.91 Å². The highest BCUT2D eigenvalue weighted by Gasteiger charge is 2.25. The van der Waals surface area contributed by atoms with Crippen LogP contribution < -0.4 is 4.90 Å². The largest absolute Gasteiger partial charge is 0.277 e. The van der Waals surface area contributed by atoms with Crippen LogP contribution in [-0.2, 0) is 6.54 Å². The molecule has 3 aromatic heterocycles. The molecule has 1 aromatic carbocycles. The number of pyridine rings is 1. The fraction of sp³-hybridized carbons (Fsp3) is 0.118. The van der Waals surface area contributed by atoms with Crippen molar-refractivity contribution in [1.82, 2.24) is 19.6 Å². The Hall–Kier alpha value is -2.23. The number of anilines is 1. The first-order chi connectivity index (χ1) is 12.6. The summed E-state index contributed by atoms with van der Waals surface area (Å²) in [5.41, 5.74) is 2.26. The maximum atomic E-state index is 13.2. The van der Waals surface area contributed by atoms with Crippen LogP contribution in [0.15, 0.2) is 47.1 Å². The van der Waals surface area contributed by atoms with Gasteiger partial charge in [-0.3, -0.25) is 14.7 Å². The van der Waals surface area contributed by atoms with Gasteiger partial charge in [-0.15, -0.1) is 5.10 Å². The SMILES string of the molecule is Cc1nnsc1C(=O)N(Cc1ccccn1)c1nc2ccc(Br)cc2s1. The van der Waals surface area contributed by atoms with Crippen molar-refractivity contribution in [2.24, 2.45) is 0 Å². The second kappa shape index (κ2) is 7.18. The van der Waals surface area contributed by atoms with Gasteiger partial charge < -0.3 is 0 Å². The molecule has 26 heavy (non-hydrogen) atoms. The number of carbonyl (C=O) groups excluding carboxylic acids is 1. The minimum Gasteiger partial charge on any atom is -0.277 e. The lowest BCUT2D eigenvalue weighted by Crippen LogP contribution is -2.30. The lowest BCUT2D eigenvalue weighted by Gasteiger charge is -2.18. The fourth-order valence-electron chi connectivity index (χ4n) is 2.43. The monoisotopic (exact) mass is 445 g/mol. The van der Waals surface area contributed by atoms with E-state index in [2.05, 4.69) is 35.5 Å². The van der Waals surface area contributed by atoms with E-state index >= 15 is 0 Å². The summed E-state index contributed by atoms with van der Waals surface area (Å²) in [7, 11) is 0. The Morgan fingerprint density at radius 1 is 1.27 bits per heavy atom. The predicted octanol–water partition coefficient (Wildman–Crippen LogP) is 4.46. The number of fused-ring (bicyclic) bond motifs is 1. The molecule has 3 heterocycles. The van der Waals surface area contributed by atoms with E-state index in [1.54, 1.807) is 18.0 Å². The minimum absolute atomic E-state index is 0.165. The lowest BCUT2D eigenvalue weighted by atomic mass is 10.3. The fourth-order valence-corrected chi connectivity index (χ4v) is 4.55. The van der Waals surface area contributed by atoms with E-state index in [9.17, 15) is 4.79 Å². The van der Waals surface area contributed by atoms with Crippen LogP contribution in [-0.4, -0.2) is 25.5 Å². The van der Waals surface area contributed by atoms with E-state index in [1.807, 2.05) is 36.4 Å². The summed E-state index contributed by atoms with van der Waals surface area (Å²) in [6.07, 6.45) is 1.72. The van der Waals surface area contributed by atoms with Gasteiger partial charge in [0.05, 0.1) is 28.1 Å². The Bertz CT molecular complexity index is 1080. The highest BCUT2D eigenvalue weighted by Crippen LogP contribution is 2.32. The quantitative estimate of drug-likeness (QED) is 0.463. The molecule has 0 aliphatic carbocycles. The number of hydrogen-bond donors (Lipinski definition) is 0. The minimum atomic E-state index is -0.165. The zero-order chi connectivity index (χ0) is 18.1. The summed E-state index contributed by atoms with van der Waals surface area (Å²) in [6, 6.07) is 11.5. The molecule has 0 bridgehead atoms. The Labute approximate surface area is 165 Å². The standard InChI is InChI=1S/C17H12BrN5OS2/c1-10-15(26-22-21-10)16(24)23(9-12-4-2-3-7-19-12)17-20-13-6-5-11(18)8-14(13)25-17/h2-8H,9H2,1H3. The van der Waals surface area contributed by atoms with Gasteiger partial charge >= 0.3 is 0 Å². The summed E-state index contributed by atoms with van der Waals surface area (Å²) in [6.45, 7) is 2.11. The van der Waals surface area contributed by atoms with Crippen LogP contribution in [0.25, 0.3) is 10.2 Å². The zero-order valence-electron chi connectivity index (χ0n) is 13.6. The smallest absolute Gasteiger partial charge is 0.274 e. The number of carbonyl (C=O) groups is 1. The van der Waals surface area contributed by atoms with Crippen molar-refractivity contribution >= 4 is 60.1 Å². The van der Waals surface area contributed by atoms with Crippen LogP contribution in [0.2, 0.25) is 0 Å². The first-order valence-electron chi connectivity index (χ1n) is 7.68. The van der Waals surface area contributed by atoms with Gasteiger partial charge in [0.2, 0.25) is 0 Å². The molecule has 0 radical (unpaired) electrons. The van der Waals surface area contributed by atoms with Gasteiger partial charge in [-0.1, -0.05) is 37.8 Å². The first-order valence-corrected chi connectivity index (χ1v) is 10.1. The molecule has 0 unspecified atom stereocenters. The molecule has 0 N–H and O–H groups in total. The highest BCUT2D eigenvalue weighted by molar-refractivity contribution is 9.10. The third kappa shape index (κ3) is 3.37. The van der Waals surface area contributed by atoms with Crippen molar-refractivity contribution in [2.75, 3.05) is 4.90 Å². The second-order valence-electron chi connectivity index (χ2n) is 5.51. The summed E-state index contributed by atoms with van der Waals surface area (Å²) >= 11 is 6.04. The first kappa shape index (κ1) is 17.2. The average Bonchev–Trinajstić information content (AvgIpc) is 3.25. The highest BCUT2D eigenvalue weighted by atomic mass is 79.9. The molecule has 1 amide bonds. The van der Waals surface area contributed by atoms with Crippen molar-refractivity contribution in [2.45, 2.75) is 13.5 Å². The average molecular weight is 446 g/mol. The molecule has 9 heteroatoms. The van der Waals surface area contributed by atoms with E-state index in [4.69, 9.17) is 0 Å². The molecule has 0 spiro atoms. The molecule has 4 aromatic rings. The van der Waals surface area contributed by atoms with E-state index in [1.165, 1.54) is 11.3 Å². The number of benzene rings is 1. The van der Waals surface area contributed by atoms with Crippen LogP contribution in [0, 0.1) is 6.92 Å². The van der Waals surface area contributed by atoms with Crippen LogP contribution in [0.3, 0.4) is 0 Å². The van der Waals surface area contributed by atoms with Crippen molar-refractivity contribution in [3.8, 4) is 0 Å². The van der Waals surface area contributed by atoms with Gasteiger partial charge in [0, 0.05) is 10.7 Å². The predicted molar refractivity (Wildman–Crippen MR) is 107 cm³/mol. The van der Waals surface area contributed by atoms with Crippen molar-refractivity contribution in [3.63, 3.8) is 0 Å². The number of amides is 1. The summed E-state index contributed by atoms with van der Waals surface area (Å²) in [4.78, 5) is 24.3. The Morgan fingerprint density at radius 3 is 2.88 bits per heavy atom. The van der Waals surface area contributed by atoms with E-state index in [0.29, 0.717) is 22.2 Å². The number of aromatic nitrogens is 4. The van der Waals surface area contributed by atoms with Crippen molar-refractivity contribution in [3.05, 3.63) is 63.3 Å². The molecule has 0 saturated heterocycles. The molecule has 130 valence electrons. The molecule has 0 aliphatic rings. The van der Waals surface area contributed by atoms with Crippen LogP contribution in [0.1, 0.15) is 21.1 Å². The number of hydrogen-bond acceptors (Lipinski definition) is 7. The van der Waals surface area contributed by atoms with Gasteiger partial charge in [-0.2, -0.15) is 0 Å². The normalized spacial score (nSPS) is 11.0. The van der Waals surface area contributed by atoms with E-state index in [0.717, 1.165) is 31.9 Å². The van der Waals surface area contributed by atoms with Gasteiger partial charge in [-0.25, -0.2) is 4.98 Å². The maximum Gasteiger partial charge on any atom is 0.274 e. The van der Waals surface area contributed by atoms with E-state index < -0.39 is 0 Å². The summed E-state index contributed by atoms with van der Waals surface area (Å²) in [5.74, 6) is -0.165. The second-order valence-corrected chi connectivity index (χ2v) is 8.19. The van der Waals surface area contributed by atoms with Crippen LogP contribution in [0.4, 0.5) is 5.13 Å². The topological polar surface area (TPSA) is 71.9 Å². The number of halogens is 1. The van der Waals surface area contributed by atoms with Gasteiger partial charge in [-0.05, 0) is 48.8 Å².